The molecule has 0 fully saturated rings. The minimum absolute atomic E-state index is 0.693. The second-order valence-electron chi connectivity index (χ2n) is 3.17. The molecule has 0 saturated carbocycles. The number of anilines is 1. The smallest absolute Gasteiger partial charge is 0.113 e. The highest BCUT2D eigenvalue weighted by Gasteiger charge is 2.13. The fourth-order valence-electron chi connectivity index (χ4n) is 1.68. The van der Waals surface area contributed by atoms with E-state index in [9.17, 15) is 0 Å². The van der Waals surface area contributed by atoms with Gasteiger partial charge in [0.1, 0.15) is 5.52 Å². The van der Waals surface area contributed by atoms with Gasteiger partial charge in [0.15, 0.2) is 0 Å². The van der Waals surface area contributed by atoms with Crippen molar-refractivity contribution < 1.29 is 0 Å². The third-order valence-corrected chi connectivity index (χ3v) is 2.68. The maximum atomic E-state index is 4.40. The first-order valence-electron chi connectivity index (χ1n) is 4.29. The molecule has 0 bridgehead atoms. The number of thiol groups is 1. The molecule has 2 aromatic rings. The number of aliphatic imine (C=N–C) groups is 1. The summed E-state index contributed by atoms with van der Waals surface area (Å²) in [7, 11) is 0. The van der Waals surface area contributed by atoms with E-state index >= 15 is 0 Å². The molecule has 0 aliphatic carbocycles. The van der Waals surface area contributed by atoms with E-state index in [-0.39, 0.29) is 0 Å². The predicted octanol–water partition coefficient (Wildman–Crippen LogP) is 1.81. The van der Waals surface area contributed by atoms with Gasteiger partial charge in [-0.1, -0.05) is 0 Å². The van der Waals surface area contributed by atoms with Gasteiger partial charge in [0.2, 0.25) is 0 Å². The lowest BCUT2D eigenvalue weighted by Crippen LogP contribution is -2.05. The van der Waals surface area contributed by atoms with Gasteiger partial charge in [-0.25, -0.2) is 4.98 Å². The predicted molar refractivity (Wildman–Crippen MR) is 59.2 cm³/mol. The van der Waals surface area contributed by atoms with Crippen LogP contribution in [0.3, 0.4) is 0 Å². The van der Waals surface area contributed by atoms with Crippen molar-refractivity contribution in [3.05, 3.63) is 18.0 Å². The molecule has 70 valence electrons. The lowest BCUT2D eigenvalue weighted by atomic mass is 10.1. The Labute approximate surface area is 85.9 Å². The Bertz CT molecular complexity index is 529. The van der Waals surface area contributed by atoms with Crippen LogP contribution >= 0.6 is 12.6 Å². The lowest BCUT2D eigenvalue weighted by molar-refractivity contribution is 1.06. The van der Waals surface area contributed by atoms with Crippen molar-refractivity contribution in [2.45, 2.75) is 11.4 Å². The molecule has 4 nitrogen and oxygen atoms in total. The van der Waals surface area contributed by atoms with Crippen LogP contribution in [0.2, 0.25) is 0 Å². The number of nitrogens with one attached hydrogen (secondary N) is 2. The summed E-state index contributed by atoms with van der Waals surface area (Å²) in [5.41, 5.74) is 4.07. The molecule has 3 rings (SSSR count). The van der Waals surface area contributed by atoms with Crippen molar-refractivity contribution in [3.8, 4) is 0 Å². The highest BCUT2D eigenvalue weighted by Crippen LogP contribution is 2.31. The van der Waals surface area contributed by atoms with Crippen LogP contribution in [0, 0.1) is 0 Å². The molecule has 0 saturated heterocycles. The van der Waals surface area contributed by atoms with Gasteiger partial charge in [0, 0.05) is 10.5 Å². The topological polar surface area (TPSA) is 53.1 Å². The quantitative estimate of drug-likeness (QED) is 0.573. The summed E-state index contributed by atoms with van der Waals surface area (Å²) in [6.07, 6.45) is 3.38. The average Bonchev–Trinajstić information content (AvgIpc) is 2.67. The zero-order valence-corrected chi connectivity index (χ0v) is 8.18. The molecule has 5 heteroatoms. The summed E-state index contributed by atoms with van der Waals surface area (Å²) in [6, 6.07) is 2.02. The average molecular weight is 204 g/mol. The van der Waals surface area contributed by atoms with E-state index in [1.165, 1.54) is 0 Å². The third kappa shape index (κ3) is 0.957. The number of H-pyrrole nitrogens is 1. The molecule has 0 atom stereocenters. The van der Waals surface area contributed by atoms with Crippen molar-refractivity contribution >= 4 is 35.7 Å². The van der Waals surface area contributed by atoms with Crippen LogP contribution in [0.5, 0.6) is 0 Å². The second-order valence-corrected chi connectivity index (χ2v) is 3.65. The SMILES string of the molecule is Sc1cc2c(c3nc[nH]c13)NC=NC2. The van der Waals surface area contributed by atoms with Gasteiger partial charge < -0.3 is 10.3 Å². The molecule has 2 heterocycles. The number of imidazole rings is 1. The molecule has 0 radical (unpaired) electrons. The molecule has 1 aliphatic rings. The Kier molecular flexibility index (Phi) is 1.55. The van der Waals surface area contributed by atoms with Gasteiger partial charge >= 0.3 is 0 Å². The van der Waals surface area contributed by atoms with Gasteiger partial charge in [-0.05, 0) is 6.07 Å². The van der Waals surface area contributed by atoms with E-state index < -0.39 is 0 Å². The number of aromatic nitrogens is 2. The summed E-state index contributed by atoms with van der Waals surface area (Å²) in [5.74, 6) is 0. The number of nitrogens with zero attached hydrogens (tertiary/aromatic N) is 2. The van der Waals surface area contributed by atoms with Crippen molar-refractivity contribution in [2.75, 3.05) is 5.32 Å². The molecule has 1 aromatic carbocycles. The first-order chi connectivity index (χ1) is 6.86. The van der Waals surface area contributed by atoms with E-state index in [0.717, 1.165) is 27.2 Å². The number of fused-ring (bicyclic) bond motifs is 3. The Hall–Kier alpha value is -1.49. The highest BCUT2D eigenvalue weighted by atomic mass is 32.1. The fourth-order valence-corrected chi connectivity index (χ4v) is 2.01. The van der Waals surface area contributed by atoms with Gasteiger partial charge in [0.05, 0.1) is 30.4 Å². The lowest BCUT2D eigenvalue weighted by Gasteiger charge is -2.13. The Balaban J connectivity index is 2.41. The van der Waals surface area contributed by atoms with E-state index in [1.54, 1.807) is 12.7 Å². The third-order valence-electron chi connectivity index (χ3n) is 2.33. The van der Waals surface area contributed by atoms with Gasteiger partial charge in [-0.3, -0.25) is 4.99 Å². The number of hydrogen-bond acceptors (Lipinski definition) is 4. The highest BCUT2D eigenvalue weighted by molar-refractivity contribution is 7.80. The minimum atomic E-state index is 0.693. The largest absolute Gasteiger partial charge is 0.345 e. The summed E-state index contributed by atoms with van der Waals surface area (Å²) in [4.78, 5) is 12.4. The summed E-state index contributed by atoms with van der Waals surface area (Å²) < 4.78 is 0. The van der Waals surface area contributed by atoms with Crippen LogP contribution in [0.1, 0.15) is 5.56 Å². The van der Waals surface area contributed by atoms with Gasteiger partial charge in [0.25, 0.3) is 0 Å². The maximum absolute atomic E-state index is 4.40. The molecule has 1 aromatic heterocycles. The number of benzene rings is 1. The Morgan fingerprint density at radius 2 is 2.36 bits per heavy atom. The standard InChI is InChI=1S/C9H8N4S/c14-6-1-5-2-10-3-11-7(5)9-8(6)12-4-13-9/h1,3-4,14H,2H2,(H,10,11)(H,12,13). The summed E-state index contributed by atoms with van der Waals surface area (Å²) >= 11 is 4.40. The molecule has 1 aliphatic heterocycles. The van der Waals surface area contributed by atoms with Crippen LogP contribution in [-0.4, -0.2) is 16.3 Å². The van der Waals surface area contributed by atoms with Crippen LogP contribution in [0.15, 0.2) is 22.3 Å². The second kappa shape index (κ2) is 2.75. The Morgan fingerprint density at radius 1 is 1.43 bits per heavy atom. The molecule has 14 heavy (non-hydrogen) atoms. The molecule has 0 spiro atoms. The molecular weight excluding hydrogens is 196 g/mol. The zero-order valence-electron chi connectivity index (χ0n) is 7.28. The molecule has 0 amide bonds. The van der Waals surface area contributed by atoms with Crippen molar-refractivity contribution in [3.63, 3.8) is 0 Å². The van der Waals surface area contributed by atoms with E-state index in [0.29, 0.717) is 6.54 Å². The van der Waals surface area contributed by atoms with Crippen molar-refractivity contribution in [1.82, 2.24) is 9.97 Å². The van der Waals surface area contributed by atoms with E-state index in [4.69, 9.17) is 0 Å². The van der Waals surface area contributed by atoms with E-state index in [2.05, 4.69) is 32.9 Å². The normalized spacial score (nSPS) is 14.1. The van der Waals surface area contributed by atoms with Gasteiger partial charge in [-0.2, -0.15) is 0 Å². The summed E-state index contributed by atoms with van der Waals surface area (Å²) in [5, 5.41) is 3.11. The van der Waals surface area contributed by atoms with Crippen molar-refractivity contribution in [2.24, 2.45) is 4.99 Å². The van der Waals surface area contributed by atoms with E-state index in [1.807, 2.05) is 6.07 Å². The molecule has 0 unspecified atom stereocenters. The first-order valence-corrected chi connectivity index (χ1v) is 4.74. The zero-order chi connectivity index (χ0) is 9.54. The summed E-state index contributed by atoms with van der Waals surface area (Å²) in [6.45, 7) is 0.693. The van der Waals surface area contributed by atoms with Crippen LogP contribution < -0.4 is 5.32 Å². The monoisotopic (exact) mass is 204 g/mol. The van der Waals surface area contributed by atoms with Gasteiger partial charge in [-0.15, -0.1) is 12.6 Å². The van der Waals surface area contributed by atoms with Crippen LogP contribution in [-0.2, 0) is 6.54 Å². The molecular formula is C9H8N4S. The number of aromatic amines is 1. The van der Waals surface area contributed by atoms with Crippen LogP contribution in [0.25, 0.3) is 11.0 Å². The Morgan fingerprint density at radius 3 is 3.29 bits per heavy atom. The van der Waals surface area contributed by atoms with Crippen LogP contribution in [0.4, 0.5) is 5.69 Å². The maximum Gasteiger partial charge on any atom is 0.113 e. The van der Waals surface area contributed by atoms with Crippen molar-refractivity contribution in [1.29, 1.82) is 0 Å². The number of hydrogen-bond donors (Lipinski definition) is 3. The molecule has 2 N–H and O–H groups in total. The first kappa shape index (κ1) is 7.87. The minimum Gasteiger partial charge on any atom is -0.345 e. The number of rotatable bonds is 0. The fraction of sp³-hybridized carbons (Fsp3) is 0.111.